The molecule has 1 unspecified atom stereocenters. The third-order valence-electron chi connectivity index (χ3n) is 6.79. The van der Waals surface area contributed by atoms with Crippen LogP contribution in [0.2, 0.25) is 0 Å². The molecule has 1 atom stereocenters. The number of primary amides is 1. The molecule has 2 aromatic rings. The van der Waals surface area contributed by atoms with Gasteiger partial charge in [0, 0.05) is 31.7 Å². The van der Waals surface area contributed by atoms with Crippen LogP contribution in [0, 0.1) is 6.92 Å². The number of Topliss-reactive ketones (excluding diaryl/α,β-unsaturated/α-hetero) is 1. The molecule has 2 amide bonds. The van der Waals surface area contributed by atoms with Crippen molar-refractivity contribution in [2.45, 2.75) is 26.3 Å². The fourth-order valence-electron chi connectivity index (χ4n) is 4.76. The SMILES string of the molecule is CCCOc1ccc(/C(O)=C2\C(=O)C(=O)N(CCN3CCOCC3)C2c2ccc(OCC(N)=O)cc2)cc1C. The van der Waals surface area contributed by atoms with E-state index in [4.69, 9.17) is 19.9 Å². The van der Waals surface area contributed by atoms with Gasteiger partial charge in [0.25, 0.3) is 17.6 Å². The predicted molar refractivity (Wildman–Crippen MR) is 144 cm³/mol. The summed E-state index contributed by atoms with van der Waals surface area (Å²) in [4.78, 5) is 41.4. The zero-order valence-corrected chi connectivity index (χ0v) is 22.4. The van der Waals surface area contributed by atoms with Crippen LogP contribution in [0.15, 0.2) is 48.0 Å². The average Bonchev–Trinajstić information content (AvgIpc) is 3.19. The zero-order chi connectivity index (χ0) is 27.9. The van der Waals surface area contributed by atoms with Crippen LogP contribution in [0.3, 0.4) is 0 Å². The number of amides is 2. The van der Waals surface area contributed by atoms with Crippen LogP contribution in [-0.2, 0) is 19.1 Å². The number of nitrogens with zero attached hydrogens (tertiary/aromatic N) is 2. The Bertz CT molecular complexity index is 1240. The molecular formula is C29H35N3O7. The number of benzene rings is 2. The minimum Gasteiger partial charge on any atom is -0.507 e. The first kappa shape index (κ1) is 28.1. The summed E-state index contributed by atoms with van der Waals surface area (Å²) in [6.45, 7) is 7.77. The molecule has 2 fully saturated rings. The van der Waals surface area contributed by atoms with Gasteiger partial charge >= 0.3 is 0 Å². The van der Waals surface area contributed by atoms with Crippen molar-refractivity contribution in [3.05, 3.63) is 64.7 Å². The second kappa shape index (κ2) is 12.8. The zero-order valence-electron chi connectivity index (χ0n) is 22.4. The molecule has 10 heteroatoms. The Hall–Kier alpha value is -3.89. The van der Waals surface area contributed by atoms with Crippen molar-refractivity contribution in [2.24, 2.45) is 5.73 Å². The number of aryl methyl sites for hydroxylation is 1. The molecule has 10 nitrogen and oxygen atoms in total. The summed E-state index contributed by atoms with van der Waals surface area (Å²) in [5.74, 6) is -1.13. The van der Waals surface area contributed by atoms with E-state index < -0.39 is 23.6 Å². The highest BCUT2D eigenvalue weighted by Crippen LogP contribution is 2.40. The van der Waals surface area contributed by atoms with Gasteiger partial charge in [-0.15, -0.1) is 0 Å². The number of hydrogen-bond donors (Lipinski definition) is 2. The molecule has 39 heavy (non-hydrogen) atoms. The first-order chi connectivity index (χ1) is 18.8. The molecule has 0 spiro atoms. The van der Waals surface area contributed by atoms with Gasteiger partial charge in [0.1, 0.15) is 17.3 Å². The molecule has 0 radical (unpaired) electrons. The second-order valence-electron chi connectivity index (χ2n) is 9.60. The van der Waals surface area contributed by atoms with Gasteiger partial charge in [0.15, 0.2) is 6.61 Å². The van der Waals surface area contributed by atoms with Crippen LogP contribution in [-0.4, -0.2) is 85.1 Å². The molecule has 2 aliphatic rings. The third kappa shape index (κ3) is 6.58. The molecule has 0 aromatic heterocycles. The van der Waals surface area contributed by atoms with Gasteiger partial charge in [0.2, 0.25) is 0 Å². The Morgan fingerprint density at radius 3 is 2.44 bits per heavy atom. The molecule has 0 bridgehead atoms. The quantitative estimate of drug-likeness (QED) is 0.254. The van der Waals surface area contributed by atoms with Crippen LogP contribution >= 0.6 is 0 Å². The van der Waals surface area contributed by atoms with E-state index in [-0.39, 0.29) is 17.9 Å². The smallest absolute Gasteiger partial charge is 0.295 e. The lowest BCUT2D eigenvalue weighted by Crippen LogP contribution is -2.42. The molecule has 2 aromatic carbocycles. The number of carbonyl (C=O) groups excluding carboxylic acids is 3. The van der Waals surface area contributed by atoms with Crippen LogP contribution < -0.4 is 15.2 Å². The number of morpholine rings is 1. The maximum atomic E-state index is 13.4. The summed E-state index contributed by atoms with van der Waals surface area (Å²) in [6.07, 6.45) is 0.863. The second-order valence-corrected chi connectivity index (χ2v) is 9.60. The van der Waals surface area contributed by atoms with Gasteiger partial charge in [0.05, 0.1) is 31.4 Å². The number of ketones is 1. The fourth-order valence-corrected chi connectivity index (χ4v) is 4.76. The molecule has 3 N–H and O–H groups in total. The lowest BCUT2D eigenvalue weighted by atomic mass is 9.94. The molecule has 2 aliphatic heterocycles. The number of carbonyl (C=O) groups is 3. The van der Waals surface area contributed by atoms with Crippen molar-refractivity contribution in [1.29, 1.82) is 0 Å². The summed E-state index contributed by atoms with van der Waals surface area (Å²) in [5, 5.41) is 11.4. The monoisotopic (exact) mass is 537 g/mol. The van der Waals surface area contributed by atoms with Gasteiger partial charge in [-0.1, -0.05) is 19.1 Å². The minimum absolute atomic E-state index is 0.0226. The molecular weight excluding hydrogens is 502 g/mol. The fraction of sp³-hybridized carbons (Fsp3) is 0.414. The van der Waals surface area contributed by atoms with E-state index in [0.29, 0.717) is 55.5 Å². The van der Waals surface area contributed by atoms with Crippen molar-refractivity contribution in [2.75, 3.05) is 52.6 Å². The average molecular weight is 538 g/mol. The van der Waals surface area contributed by atoms with Crippen LogP contribution in [0.1, 0.15) is 36.1 Å². The van der Waals surface area contributed by atoms with Gasteiger partial charge in [-0.3, -0.25) is 19.3 Å². The Balaban J connectivity index is 1.69. The first-order valence-electron chi connectivity index (χ1n) is 13.1. The standard InChI is InChI=1S/C29H35N3O7/c1-3-14-38-23-9-6-21(17-19(23)2)27(34)25-26(20-4-7-22(8-5-20)39-18-24(30)33)32(29(36)28(25)35)11-10-31-12-15-37-16-13-31/h4-9,17,26,34H,3,10-16,18H2,1-2H3,(H2,30,33)/b27-25+. The van der Waals surface area contributed by atoms with E-state index in [1.807, 2.05) is 13.8 Å². The number of rotatable bonds is 11. The highest BCUT2D eigenvalue weighted by Gasteiger charge is 2.46. The maximum Gasteiger partial charge on any atom is 0.295 e. The summed E-state index contributed by atoms with van der Waals surface area (Å²) in [5.41, 5.74) is 7.05. The van der Waals surface area contributed by atoms with Crippen LogP contribution in [0.4, 0.5) is 0 Å². The highest BCUT2D eigenvalue weighted by molar-refractivity contribution is 6.46. The first-order valence-corrected chi connectivity index (χ1v) is 13.1. The summed E-state index contributed by atoms with van der Waals surface area (Å²) in [6, 6.07) is 11.1. The number of aliphatic hydroxyl groups excluding tert-OH is 1. The van der Waals surface area contributed by atoms with Crippen molar-refractivity contribution >= 4 is 23.4 Å². The number of likely N-dealkylation sites (tertiary alicyclic amines) is 1. The normalized spacial score (nSPS) is 19.3. The van der Waals surface area contributed by atoms with Crippen LogP contribution in [0.5, 0.6) is 11.5 Å². The Morgan fingerprint density at radius 2 is 1.79 bits per heavy atom. The number of hydrogen-bond acceptors (Lipinski definition) is 8. The third-order valence-corrected chi connectivity index (χ3v) is 6.79. The predicted octanol–water partition coefficient (Wildman–Crippen LogP) is 2.40. The maximum absolute atomic E-state index is 13.4. The lowest BCUT2D eigenvalue weighted by Gasteiger charge is -2.31. The molecule has 2 heterocycles. The van der Waals surface area contributed by atoms with E-state index in [0.717, 1.165) is 25.1 Å². The Labute approximate surface area is 227 Å². The van der Waals surface area contributed by atoms with Gasteiger partial charge < -0.3 is 30.0 Å². The van der Waals surface area contributed by atoms with E-state index in [1.165, 1.54) is 4.90 Å². The van der Waals surface area contributed by atoms with E-state index in [9.17, 15) is 19.5 Å². The lowest BCUT2D eigenvalue weighted by molar-refractivity contribution is -0.140. The van der Waals surface area contributed by atoms with Gasteiger partial charge in [-0.05, 0) is 54.8 Å². The Kier molecular flexibility index (Phi) is 9.21. The Morgan fingerprint density at radius 1 is 1.08 bits per heavy atom. The van der Waals surface area contributed by atoms with Crippen molar-refractivity contribution in [3.8, 4) is 11.5 Å². The number of nitrogens with two attached hydrogens (primary N) is 1. The van der Waals surface area contributed by atoms with Crippen molar-refractivity contribution < 1.29 is 33.7 Å². The van der Waals surface area contributed by atoms with E-state index >= 15 is 0 Å². The summed E-state index contributed by atoms with van der Waals surface area (Å²) in [7, 11) is 0. The summed E-state index contributed by atoms with van der Waals surface area (Å²) < 4.78 is 16.5. The van der Waals surface area contributed by atoms with E-state index in [2.05, 4.69) is 4.90 Å². The van der Waals surface area contributed by atoms with Gasteiger partial charge in [-0.2, -0.15) is 0 Å². The van der Waals surface area contributed by atoms with Crippen molar-refractivity contribution in [1.82, 2.24) is 9.80 Å². The number of aliphatic hydroxyl groups is 1. The van der Waals surface area contributed by atoms with Crippen LogP contribution in [0.25, 0.3) is 5.76 Å². The molecule has 0 aliphatic carbocycles. The summed E-state index contributed by atoms with van der Waals surface area (Å²) >= 11 is 0. The molecule has 2 saturated heterocycles. The molecule has 4 rings (SSSR count). The molecule has 208 valence electrons. The van der Waals surface area contributed by atoms with E-state index in [1.54, 1.807) is 42.5 Å². The number of ether oxygens (including phenoxy) is 3. The minimum atomic E-state index is -0.799. The van der Waals surface area contributed by atoms with Crippen molar-refractivity contribution in [3.63, 3.8) is 0 Å². The van der Waals surface area contributed by atoms with Gasteiger partial charge in [-0.25, -0.2) is 0 Å². The molecule has 0 saturated carbocycles. The largest absolute Gasteiger partial charge is 0.507 e. The highest BCUT2D eigenvalue weighted by atomic mass is 16.5. The topological polar surface area (TPSA) is 132 Å².